The number of fused-ring (bicyclic) bond motifs is 1. The minimum absolute atomic E-state index is 0.554. The van der Waals surface area contributed by atoms with Gasteiger partial charge in [-0.3, -0.25) is 0 Å². The topological polar surface area (TPSA) is 9.23 Å². The molecule has 2 unspecified atom stereocenters. The molecule has 0 aliphatic carbocycles. The fourth-order valence-electron chi connectivity index (χ4n) is 2.37. The molecule has 0 saturated heterocycles. The molecule has 0 radical (unpaired) electrons. The van der Waals surface area contributed by atoms with Crippen LogP contribution in [0.15, 0.2) is 12.1 Å². The average molecular weight is 318 g/mol. The molecule has 1 nitrogen and oxygen atoms in total. The third-order valence-electron chi connectivity index (χ3n) is 3.37. The number of rotatable bonds is 4. The Morgan fingerprint density at radius 2 is 2.24 bits per heavy atom. The molecule has 2 rings (SSSR count). The summed E-state index contributed by atoms with van der Waals surface area (Å²) in [6, 6.07) is 4.08. The van der Waals surface area contributed by atoms with Gasteiger partial charge < -0.3 is 4.74 Å². The number of hydrogen-bond acceptors (Lipinski definition) is 1. The van der Waals surface area contributed by atoms with Gasteiger partial charge in [0.25, 0.3) is 0 Å². The minimum atomic E-state index is 0.554. The molecule has 0 spiro atoms. The van der Waals surface area contributed by atoms with E-state index in [9.17, 15) is 0 Å². The van der Waals surface area contributed by atoms with Crippen LogP contribution in [0, 0.1) is 5.92 Å². The maximum Gasteiger partial charge on any atom is 0.125 e. The average Bonchev–Trinajstić information content (AvgIpc) is 2.75. The number of ether oxygens (including phenoxy) is 1. The number of halogens is 2. The van der Waals surface area contributed by atoms with Gasteiger partial charge in [-0.15, -0.1) is 0 Å². The molecule has 17 heavy (non-hydrogen) atoms. The first-order valence-corrected chi connectivity index (χ1v) is 7.49. The van der Waals surface area contributed by atoms with E-state index in [1.54, 1.807) is 0 Å². The summed E-state index contributed by atoms with van der Waals surface area (Å²) >= 11 is 9.88. The van der Waals surface area contributed by atoms with Gasteiger partial charge >= 0.3 is 0 Å². The summed E-state index contributed by atoms with van der Waals surface area (Å²) in [6.45, 7) is 5.27. The van der Waals surface area contributed by atoms with Crippen molar-refractivity contribution in [3.05, 3.63) is 28.3 Å². The highest BCUT2D eigenvalue weighted by molar-refractivity contribution is 9.09. The van der Waals surface area contributed by atoms with Crippen LogP contribution in [0.5, 0.6) is 5.75 Å². The molecule has 1 heterocycles. The number of benzene rings is 1. The summed E-state index contributed by atoms with van der Waals surface area (Å²) in [5.41, 5.74) is 2.53. The van der Waals surface area contributed by atoms with E-state index in [1.807, 2.05) is 6.07 Å². The van der Waals surface area contributed by atoms with Crippen LogP contribution in [0.4, 0.5) is 0 Å². The SMILES string of the molecule is CCC(Br)C(C)Cc1cc(Cl)cc2c1OCC2. The lowest BCUT2D eigenvalue weighted by molar-refractivity contribution is 0.351. The van der Waals surface area contributed by atoms with Gasteiger partial charge in [-0.05, 0) is 42.0 Å². The van der Waals surface area contributed by atoms with Crippen molar-refractivity contribution in [2.45, 2.75) is 37.9 Å². The van der Waals surface area contributed by atoms with Gasteiger partial charge in [0.2, 0.25) is 0 Å². The van der Waals surface area contributed by atoms with E-state index in [1.165, 1.54) is 11.1 Å². The molecule has 0 bridgehead atoms. The Hall–Kier alpha value is -0.210. The van der Waals surface area contributed by atoms with Crippen LogP contribution in [0.25, 0.3) is 0 Å². The third kappa shape index (κ3) is 2.97. The van der Waals surface area contributed by atoms with E-state index in [2.05, 4.69) is 35.8 Å². The molecular formula is C14H18BrClO. The maximum absolute atomic E-state index is 6.16. The standard InChI is InChI=1S/C14H18BrClO/c1-3-13(15)9(2)6-11-8-12(16)7-10-4-5-17-14(10)11/h7-9,13H,3-6H2,1-2H3. The molecule has 0 N–H and O–H groups in total. The summed E-state index contributed by atoms with van der Waals surface area (Å²) in [6.07, 6.45) is 3.15. The van der Waals surface area contributed by atoms with Crippen molar-refractivity contribution >= 4 is 27.5 Å². The second-order valence-corrected chi connectivity index (χ2v) is 6.37. The van der Waals surface area contributed by atoms with E-state index in [4.69, 9.17) is 16.3 Å². The van der Waals surface area contributed by atoms with E-state index in [0.29, 0.717) is 10.7 Å². The Morgan fingerprint density at radius 1 is 1.47 bits per heavy atom. The largest absolute Gasteiger partial charge is 0.493 e. The lowest BCUT2D eigenvalue weighted by Crippen LogP contribution is -2.13. The number of alkyl halides is 1. The minimum Gasteiger partial charge on any atom is -0.493 e. The molecule has 1 aromatic rings. The first-order chi connectivity index (χ1) is 8.11. The summed E-state index contributed by atoms with van der Waals surface area (Å²) in [5, 5.41) is 0.832. The molecule has 94 valence electrons. The van der Waals surface area contributed by atoms with Crippen LogP contribution in [-0.2, 0) is 12.8 Å². The van der Waals surface area contributed by atoms with Gasteiger partial charge in [0.15, 0.2) is 0 Å². The monoisotopic (exact) mass is 316 g/mol. The predicted molar refractivity (Wildman–Crippen MR) is 76.5 cm³/mol. The van der Waals surface area contributed by atoms with Crippen LogP contribution in [-0.4, -0.2) is 11.4 Å². The highest BCUT2D eigenvalue weighted by atomic mass is 79.9. The summed E-state index contributed by atoms with van der Waals surface area (Å²) < 4.78 is 5.72. The van der Waals surface area contributed by atoms with Gasteiger partial charge in [-0.1, -0.05) is 41.4 Å². The molecule has 0 amide bonds. The van der Waals surface area contributed by atoms with Gasteiger partial charge in [-0.2, -0.15) is 0 Å². The van der Waals surface area contributed by atoms with Crippen LogP contribution in [0.3, 0.4) is 0 Å². The van der Waals surface area contributed by atoms with Crippen LogP contribution in [0.1, 0.15) is 31.4 Å². The zero-order valence-corrected chi connectivity index (χ0v) is 12.6. The zero-order chi connectivity index (χ0) is 12.4. The Balaban J connectivity index is 2.21. The maximum atomic E-state index is 6.16. The van der Waals surface area contributed by atoms with Gasteiger partial charge in [0.1, 0.15) is 5.75 Å². The number of hydrogen-bond donors (Lipinski definition) is 0. The van der Waals surface area contributed by atoms with Gasteiger partial charge in [0, 0.05) is 16.3 Å². The molecule has 2 atom stereocenters. The lowest BCUT2D eigenvalue weighted by atomic mass is 9.95. The zero-order valence-electron chi connectivity index (χ0n) is 10.3. The third-order valence-corrected chi connectivity index (χ3v) is 5.14. The van der Waals surface area contributed by atoms with Gasteiger partial charge in [0.05, 0.1) is 6.61 Å². The van der Waals surface area contributed by atoms with E-state index in [0.717, 1.165) is 36.6 Å². The first kappa shape index (κ1) is 13.2. The quantitative estimate of drug-likeness (QED) is 0.736. The molecule has 0 aromatic heterocycles. The van der Waals surface area contributed by atoms with Gasteiger partial charge in [-0.25, -0.2) is 0 Å². The Bertz CT molecular complexity index is 405. The fourth-order valence-corrected chi connectivity index (χ4v) is 2.83. The highest BCUT2D eigenvalue weighted by Crippen LogP contribution is 2.35. The van der Waals surface area contributed by atoms with Crippen molar-refractivity contribution in [2.75, 3.05) is 6.61 Å². The molecular weight excluding hydrogens is 300 g/mol. The Morgan fingerprint density at radius 3 is 2.94 bits per heavy atom. The van der Waals surface area contributed by atoms with Crippen LogP contribution >= 0.6 is 27.5 Å². The molecule has 1 aliphatic heterocycles. The molecule has 0 fully saturated rings. The molecule has 0 saturated carbocycles. The first-order valence-electron chi connectivity index (χ1n) is 6.20. The fraction of sp³-hybridized carbons (Fsp3) is 0.571. The van der Waals surface area contributed by atoms with Crippen molar-refractivity contribution in [3.8, 4) is 5.75 Å². The lowest BCUT2D eigenvalue weighted by Gasteiger charge is -2.18. The summed E-state index contributed by atoms with van der Waals surface area (Å²) in [7, 11) is 0. The summed E-state index contributed by atoms with van der Waals surface area (Å²) in [4.78, 5) is 0.554. The molecule has 1 aliphatic rings. The smallest absolute Gasteiger partial charge is 0.125 e. The summed E-state index contributed by atoms with van der Waals surface area (Å²) in [5.74, 6) is 1.67. The van der Waals surface area contributed by atoms with Crippen molar-refractivity contribution in [1.82, 2.24) is 0 Å². The van der Waals surface area contributed by atoms with Crippen LogP contribution in [0.2, 0.25) is 5.02 Å². The highest BCUT2D eigenvalue weighted by Gasteiger charge is 2.20. The predicted octanol–water partition coefficient (Wildman–Crippen LogP) is 4.63. The van der Waals surface area contributed by atoms with Crippen molar-refractivity contribution in [1.29, 1.82) is 0 Å². The molecule has 1 aromatic carbocycles. The van der Waals surface area contributed by atoms with Crippen LogP contribution < -0.4 is 4.74 Å². The van der Waals surface area contributed by atoms with E-state index >= 15 is 0 Å². The van der Waals surface area contributed by atoms with Crippen molar-refractivity contribution in [3.63, 3.8) is 0 Å². The molecule has 3 heteroatoms. The second kappa shape index (κ2) is 5.62. The van der Waals surface area contributed by atoms with E-state index in [-0.39, 0.29) is 0 Å². The van der Waals surface area contributed by atoms with Crippen molar-refractivity contribution < 1.29 is 4.74 Å². The van der Waals surface area contributed by atoms with E-state index < -0.39 is 0 Å². The second-order valence-electron chi connectivity index (χ2n) is 4.76. The Kier molecular flexibility index (Phi) is 4.37. The Labute approximate surface area is 117 Å². The normalized spacial score (nSPS) is 17.4. The van der Waals surface area contributed by atoms with Crippen molar-refractivity contribution in [2.24, 2.45) is 5.92 Å².